The maximum Gasteiger partial charge on any atom is 0.262 e. The number of aryl methyl sites for hydroxylation is 1. The molecule has 9 nitrogen and oxygen atoms in total. The van der Waals surface area contributed by atoms with Crippen molar-refractivity contribution in [3.63, 3.8) is 0 Å². The Labute approximate surface area is 224 Å². The molecule has 0 aliphatic rings. The van der Waals surface area contributed by atoms with Crippen LogP contribution in [0.25, 0.3) is 10.9 Å². The van der Waals surface area contributed by atoms with Crippen LogP contribution in [-0.2, 0) is 22.6 Å². The Hall–Kier alpha value is -4.31. The van der Waals surface area contributed by atoms with Crippen molar-refractivity contribution < 1.29 is 19.1 Å². The lowest BCUT2D eigenvalue weighted by Gasteiger charge is -2.15. The van der Waals surface area contributed by atoms with Crippen molar-refractivity contribution in [3.05, 3.63) is 94.3 Å². The van der Waals surface area contributed by atoms with Gasteiger partial charge in [-0.3, -0.25) is 29.8 Å². The molecule has 0 saturated carbocycles. The van der Waals surface area contributed by atoms with Crippen molar-refractivity contribution in [3.8, 4) is 11.5 Å². The summed E-state index contributed by atoms with van der Waals surface area (Å²) in [5.74, 6) is 0.0977. The fourth-order valence-electron chi connectivity index (χ4n) is 3.81. The van der Waals surface area contributed by atoms with E-state index < -0.39 is 5.91 Å². The Kier molecular flexibility index (Phi) is 8.99. The molecule has 196 valence electrons. The summed E-state index contributed by atoms with van der Waals surface area (Å²) in [6.07, 6.45) is 0.809. The number of carbonyl (C=O) groups excluding carboxylic acids is 2. The molecule has 4 rings (SSSR count). The standard InChI is InChI=1S/C28H28N4O5S/c1-36-23-15-21-22(16-24(23)37-2)29-28(32(27(21)35)17-20-11-7-4-8-12-20)38-18-26(34)31-30-25(33)14-13-19-9-5-3-6-10-19/h3-12,15-16H,13-14,17-18H2,1-2H3,(H,30,33)(H,31,34). The predicted octanol–water partition coefficient (Wildman–Crippen LogP) is 3.33. The summed E-state index contributed by atoms with van der Waals surface area (Å²) in [6.45, 7) is 0.275. The van der Waals surface area contributed by atoms with Gasteiger partial charge in [-0.25, -0.2) is 4.98 Å². The number of hydrazine groups is 1. The fraction of sp³-hybridized carbons (Fsp3) is 0.214. The third-order valence-corrected chi connectivity index (χ3v) is 6.74. The summed E-state index contributed by atoms with van der Waals surface area (Å²) >= 11 is 1.11. The second kappa shape index (κ2) is 12.8. The minimum atomic E-state index is -0.420. The zero-order valence-corrected chi connectivity index (χ0v) is 21.9. The third kappa shape index (κ3) is 6.71. The average Bonchev–Trinajstić information content (AvgIpc) is 2.96. The lowest BCUT2D eigenvalue weighted by molar-refractivity contribution is -0.127. The Morgan fingerprint density at radius 1 is 0.868 bits per heavy atom. The molecule has 0 aliphatic heterocycles. The highest BCUT2D eigenvalue weighted by Gasteiger charge is 2.17. The van der Waals surface area contributed by atoms with Crippen molar-refractivity contribution >= 4 is 34.5 Å². The third-order valence-electron chi connectivity index (χ3n) is 5.77. The van der Waals surface area contributed by atoms with Crippen molar-refractivity contribution in [1.29, 1.82) is 0 Å². The first-order valence-electron chi connectivity index (χ1n) is 11.9. The summed E-state index contributed by atoms with van der Waals surface area (Å²) in [7, 11) is 3.01. The molecular formula is C28H28N4O5S. The van der Waals surface area contributed by atoms with Crippen LogP contribution < -0.4 is 25.9 Å². The molecule has 0 aliphatic carbocycles. The summed E-state index contributed by atoms with van der Waals surface area (Å²) in [4.78, 5) is 42.8. The Morgan fingerprint density at radius 3 is 2.13 bits per heavy atom. The average molecular weight is 533 g/mol. The molecule has 3 aromatic carbocycles. The Morgan fingerprint density at radius 2 is 1.47 bits per heavy atom. The molecule has 0 unspecified atom stereocenters. The lowest BCUT2D eigenvalue weighted by Crippen LogP contribution is -2.42. The molecule has 2 N–H and O–H groups in total. The number of ether oxygens (including phenoxy) is 2. The van der Waals surface area contributed by atoms with Gasteiger partial charge in [0, 0.05) is 12.5 Å². The van der Waals surface area contributed by atoms with Gasteiger partial charge in [0.15, 0.2) is 16.7 Å². The van der Waals surface area contributed by atoms with Crippen LogP contribution >= 0.6 is 11.8 Å². The van der Waals surface area contributed by atoms with Gasteiger partial charge in [0.25, 0.3) is 5.56 Å². The zero-order chi connectivity index (χ0) is 26.9. The van der Waals surface area contributed by atoms with E-state index in [0.29, 0.717) is 34.0 Å². The van der Waals surface area contributed by atoms with E-state index >= 15 is 0 Å². The van der Waals surface area contributed by atoms with Crippen LogP contribution in [0.1, 0.15) is 17.5 Å². The number of fused-ring (bicyclic) bond motifs is 1. The second-order valence-corrected chi connectivity index (χ2v) is 9.31. The lowest BCUT2D eigenvalue weighted by atomic mass is 10.1. The molecule has 10 heteroatoms. The van der Waals surface area contributed by atoms with Gasteiger partial charge in [-0.1, -0.05) is 72.4 Å². The summed E-state index contributed by atoms with van der Waals surface area (Å²) < 4.78 is 12.3. The number of carbonyl (C=O) groups is 2. The number of nitrogens with zero attached hydrogens (tertiary/aromatic N) is 2. The second-order valence-electron chi connectivity index (χ2n) is 8.37. The molecule has 0 atom stereocenters. The summed E-state index contributed by atoms with van der Waals surface area (Å²) in [5, 5.41) is 0.738. The zero-order valence-electron chi connectivity index (χ0n) is 21.1. The molecule has 0 radical (unpaired) electrons. The first-order chi connectivity index (χ1) is 18.5. The van der Waals surface area contributed by atoms with Gasteiger partial charge in [-0.2, -0.15) is 0 Å². The maximum absolute atomic E-state index is 13.5. The van der Waals surface area contributed by atoms with Crippen LogP contribution in [-0.4, -0.2) is 41.3 Å². The summed E-state index contributed by atoms with van der Waals surface area (Å²) in [5.41, 5.74) is 6.98. The highest BCUT2D eigenvalue weighted by molar-refractivity contribution is 7.99. The van der Waals surface area contributed by atoms with Crippen molar-refractivity contribution in [1.82, 2.24) is 20.4 Å². The number of thioether (sulfide) groups is 1. The first-order valence-corrected chi connectivity index (χ1v) is 12.9. The first kappa shape index (κ1) is 26.7. The van der Waals surface area contributed by atoms with Crippen LogP contribution in [0.4, 0.5) is 0 Å². The molecule has 0 fully saturated rings. The van der Waals surface area contributed by atoms with Gasteiger partial charge in [0.05, 0.1) is 37.4 Å². The van der Waals surface area contributed by atoms with Crippen molar-refractivity contribution in [2.24, 2.45) is 0 Å². The summed E-state index contributed by atoms with van der Waals surface area (Å²) in [6, 6.07) is 22.4. The Balaban J connectivity index is 1.49. The van der Waals surface area contributed by atoms with Crippen molar-refractivity contribution in [2.75, 3.05) is 20.0 Å². The van der Waals surface area contributed by atoms with E-state index in [4.69, 9.17) is 9.47 Å². The normalized spacial score (nSPS) is 10.7. The predicted molar refractivity (Wildman–Crippen MR) is 146 cm³/mol. The van der Waals surface area contributed by atoms with Crippen molar-refractivity contribution in [2.45, 2.75) is 24.5 Å². The van der Waals surface area contributed by atoms with Crippen LogP contribution in [0, 0.1) is 0 Å². The maximum atomic E-state index is 13.5. The number of methoxy groups -OCH3 is 2. The van der Waals surface area contributed by atoms with E-state index in [-0.39, 0.29) is 30.2 Å². The molecule has 1 aromatic heterocycles. The van der Waals surface area contributed by atoms with Crippen LogP contribution in [0.5, 0.6) is 11.5 Å². The minimum Gasteiger partial charge on any atom is -0.493 e. The molecule has 0 saturated heterocycles. The van der Waals surface area contributed by atoms with E-state index in [1.165, 1.54) is 18.8 Å². The van der Waals surface area contributed by atoms with Gasteiger partial charge in [-0.15, -0.1) is 0 Å². The van der Waals surface area contributed by atoms with E-state index in [2.05, 4.69) is 15.8 Å². The van der Waals surface area contributed by atoms with E-state index in [0.717, 1.165) is 22.9 Å². The number of hydrogen-bond acceptors (Lipinski definition) is 7. The van der Waals surface area contributed by atoms with Gasteiger partial charge in [0.2, 0.25) is 11.8 Å². The quantitative estimate of drug-likeness (QED) is 0.183. The van der Waals surface area contributed by atoms with E-state index in [9.17, 15) is 14.4 Å². The fourth-order valence-corrected chi connectivity index (χ4v) is 4.61. The molecule has 0 spiro atoms. The smallest absolute Gasteiger partial charge is 0.262 e. The topological polar surface area (TPSA) is 112 Å². The number of benzene rings is 3. The highest BCUT2D eigenvalue weighted by atomic mass is 32.2. The van der Waals surface area contributed by atoms with Crippen LogP contribution in [0.3, 0.4) is 0 Å². The van der Waals surface area contributed by atoms with Gasteiger partial charge in [-0.05, 0) is 23.6 Å². The van der Waals surface area contributed by atoms with Gasteiger partial charge >= 0.3 is 0 Å². The van der Waals surface area contributed by atoms with E-state index in [1.54, 1.807) is 12.1 Å². The van der Waals surface area contributed by atoms with E-state index in [1.807, 2.05) is 60.7 Å². The van der Waals surface area contributed by atoms with Gasteiger partial charge < -0.3 is 9.47 Å². The van der Waals surface area contributed by atoms with Crippen LogP contribution in [0.2, 0.25) is 0 Å². The molecule has 0 bridgehead atoms. The molecule has 2 amide bonds. The largest absolute Gasteiger partial charge is 0.493 e. The molecule has 38 heavy (non-hydrogen) atoms. The van der Waals surface area contributed by atoms with Crippen LogP contribution in [0.15, 0.2) is 82.7 Å². The highest BCUT2D eigenvalue weighted by Crippen LogP contribution is 2.31. The molecular weight excluding hydrogens is 504 g/mol. The monoisotopic (exact) mass is 532 g/mol. The minimum absolute atomic E-state index is 0.0566. The Bertz CT molecular complexity index is 1480. The molecule has 4 aromatic rings. The van der Waals surface area contributed by atoms with Gasteiger partial charge in [0.1, 0.15) is 0 Å². The number of aromatic nitrogens is 2. The number of rotatable bonds is 10. The number of amides is 2. The number of hydrogen-bond donors (Lipinski definition) is 2. The molecule has 1 heterocycles. The SMILES string of the molecule is COc1cc2nc(SCC(=O)NNC(=O)CCc3ccccc3)n(Cc3ccccc3)c(=O)c2cc1OC. The number of nitrogens with one attached hydrogen (secondary N) is 2.